The minimum atomic E-state index is -3.81. The monoisotopic (exact) mass is 480 g/mol. The highest BCUT2D eigenvalue weighted by Gasteiger charge is 2.28. The van der Waals surface area contributed by atoms with Crippen molar-refractivity contribution in [3.63, 3.8) is 0 Å². The molecule has 1 aromatic rings. The molecule has 1 atom stereocenters. The molecule has 2 rings (SSSR count). The Morgan fingerprint density at radius 2 is 1.80 bits per heavy atom. The fraction of sp³-hybridized carbons (Fsp3) is 0.556. The molecule has 2 N–H and O–H groups in total. The van der Waals surface area contributed by atoms with Crippen LogP contribution in [0.15, 0.2) is 23.1 Å². The van der Waals surface area contributed by atoms with Crippen molar-refractivity contribution in [3.05, 3.63) is 28.8 Å². The van der Waals surface area contributed by atoms with Gasteiger partial charge >= 0.3 is 5.97 Å². The second-order valence-corrected chi connectivity index (χ2v) is 11.8. The number of sulfonamides is 1. The number of aliphatic carboxylic acids is 1. The van der Waals surface area contributed by atoms with Gasteiger partial charge in [-0.2, -0.15) is 4.31 Å². The molecule has 1 aromatic carbocycles. The normalized spacial score (nSPS) is 16.7. The van der Waals surface area contributed by atoms with Crippen LogP contribution in [0, 0.1) is 0 Å². The molecule has 0 aliphatic carbocycles. The zero-order valence-corrected chi connectivity index (χ0v) is 18.9. The predicted molar refractivity (Wildman–Crippen MR) is 112 cm³/mol. The van der Waals surface area contributed by atoms with E-state index in [4.69, 9.17) is 11.6 Å². The molecule has 1 aliphatic heterocycles. The summed E-state index contributed by atoms with van der Waals surface area (Å²) in [6.07, 6.45) is 2.13. The maximum atomic E-state index is 12.8. The minimum Gasteiger partial charge on any atom is -0.480 e. The Hall–Kier alpha value is -1.69. The maximum Gasteiger partial charge on any atom is 0.326 e. The van der Waals surface area contributed by atoms with Gasteiger partial charge in [0.2, 0.25) is 10.0 Å². The Morgan fingerprint density at radius 3 is 2.37 bits per heavy atom. The van der Waals surface area contributed by atoms with Crippen LogP contribution < -0.4 is 5.32 Å². The summed E-state index contributed by atoms with van der Waals surface area (Å²) in [5.74, 6) is -2.84. The summed E-state index contributed by atoms with van der Waals surface area (Å²) in [7, 11) is -7.23. The van der Waals surface area contributed by atoms with E-state index in [-0.39, 0.29) is 27.7 Å². The fourth-order valence-corrected chi connectivity index (χ4v) is 5.66. The van der Waals surface area contributed by atoms with E-state index in [1.165, 1.54) is 23.4 Å². The molecule has 9 nitrogen and oxygen atoms in total. The molecule has 1 fully saturated rings. The van der Waals surface area contributed by atoms with E-state index in [1.807, 2.05) is 0 Å². The Kier molecular flexibility index (Phi) is 8.26. The summed E-state index contributed by atoms with van der Waals surface area (Å²) >= 11 is 6.05. The van der Waals surface area contributed by atoms with Crippen LogP contribution >= 0.6 is 11.6 Å². The van der Waals surface area contributed by atoms with Crippen molar-refractivity contribution in [2.75, 3.05) is 24.6 Å². The number of amides is 1. The average Bonchev–Trinajstić information content (AvgIpc) is 2.71. The standard InChI is InChI=1S/C18H25ClN2O7S2/c1-2-29(25,26)11-8-16(18(23)24)20-17(22)14-12-13(6-7-15(14)19)30(27,28)21-9-4-3-5-10-21/h6-7,12,16H,2-5,8-11H2,1H3,(H,20,22)(H,23,24). The molecule has 12 heteroatoms. The first-order chi connectivity index (χ1) is 14.0. The zero-order chi connectivity index (χ0) is 22.5. The van der Waals surface area contributed by atoms with Gasteiger partial charge < -0.3 is 10.4 Å². The molecule has 30 heavy (non-hydrogen) atoms. The van der Waals surface area contributed by atoms with Crippen molar-refractivity contribution >= 4 is 43.3 Å². The molecule has 1 unspecified atom stereocenters. The van der Waals surface area contributed by atoms with Crippen molar-refractivity contribution in [2.45, 2.75) is 43.5 Å². The van der Waals surface area contributed by atoms with Gasteiger partial charge in [0.05, 0.1) is 21.2 Å². The van der Waals surface area contributed by atoms with E-state index in [0.29, 0.717) is 13.1 Å². The molecular weight excluding hydrogens is 456 g/mol. The lowest BCUT2D eigenvalue weighted by Gasteiger charge is -2.26. The van der Waals surface area contributed by atoms with Gasteiger partial charge in [0.1, 0.15) is 15.9 Å². The molecule has 0 radical (unpaired) electrons. The van der Waals surface area contributed by atoms with Crippen LogP contribution in [-0.4, -0.2) is 68.8 Å². The van der Waals surface area contributed by atoms with Crippen molar-refractivity contribution in [1.82, 2.24) is 9.62 Å². The van der Waals surface area contributed by atoms with Gasteiger partial charge in [0.15, 0.2) is 0 Å². The molecule has 1 amide bonds. The number of rotatable bonds is 9. The van der Waals surface area contributed by atoms with E-state index in [9.17, 15) is 31.5 Å². The summed E-state index contributed by atoms with van der Waals surface area (Å²) < 4.78 is 50.3. The second kappa shape index (κ2) is 10.1. The van der Waals surface area contributed by atoms with Crippen LogP contribution in [0.5, 0.6) is 0 Å². The number of halogens is 1. The summed E-state index contributed by atoms with van der Waals surface area (Å²) in [5.41, 5.74) is -0.195. The number of carbonyl (C=O) groups excluding carboxylic acids is 1. The zero-order valence-electron chi connectivity index (χ0n) is 16.5. The number of hydrogen-bond donors (Lipinski definition) is 2. The van der Waals surface area contributed by atoms with Crippen LogP contribution in [0.25, 0.3) is 0 Å². The molecule has 0 spiro atoms. The topological polar surface area (TPSA) is 138 Å². The second-order valence-electron chi connectivity index (χ2n) is 7.00. The quantitative estimate of drug-likeness (QED) is 0.546. The van der Waals surface area contributed by atoms with Crippen molar-refractivity contribution in [2.24, 2.45) is 0 Å². The van der Waals surface area contributed by atoms with Crippen molar-refractivity contribution in [1.29, 1.82) is 0 Å². The number of piperidine rings is 1. The van der Waals surface area contributed by atoms with Gasteiger partial charge in [-0.1, -0.05) is 24.9 Å². The van der Waals surface area contributed by atoms with Gasteiger partial charge in [0.25, 0.3) is 5.91 Å². The third-order valence-corrected chi connectivity index (χ3v) is 8.86. The number of carbonyl (C=O) groups is 2. The number of benzene rings is 1. The number of nitrogens with one attached hydrogen (secondary N) is 1. The number of carboxylic acid groups (broad SMARTS) is 1. The highest BCUT2D eigenvalue weighted by atomic mass is 35.5. The molecule has 0 saturated carbocycles. The lowest BCUT2D eigenvalue weighted by atomic mass is 10.1. The van der Waals surface area contributed by atoms with E-state index < -0.39 is 43.5 Å². The molecule has 1 heterocycles. The third-order valence-electron chi connectivity index (χ3n) is 4.90. The number of nitrogens with zero attached hydrogens (tertiary/aromatic N) is 1. The van der Waals surface area contributed by atoms with Crippen LogP contribution in [0.4, 0.5) is 0 Å². The van der Waals surface area contributed by atoms with Crippen molar-refractivity contribution in [3.8, 4) is 0 Å². The van der Waals surface area contributed by atoms with Gasteiger partial charge in [-0.3, -0.25) is 4.79 Å². The summed E-state index contributed by atoms with van der Waals surface area (Å²) in [6.45, 7) is 2.22. The van der Waals surface area contributed by atoms with Gasteiger partial charge in [0, 0.05) is 18.8 Å². The first-order valence-electron chi connectivity index (χ1n) is 9.51. The Bertz CT molecular complexity index is 1000. The lowest BCUT2D eigenvalue weighted by Crippen LogP contribution is -2.42. The van der Waals surface area contributed by atoms with Crippen molar-refractivity contribution < 1.29 is 31.5 Å². The third kappa shape index (κ3) is 6.16. The van der Waals surface area contributed by atoms with E-state index >= 15 is 0 Å². The minimum absolute atomic E-state index is 0.0459. The Labute approximate surface area is 181 Å². The van der Waals surface area contributed by atoms with Crippen LogP contribution in [0.3, 0.4) is 0 Å². The predicted octanol–water partition coefficient (Wildman–Crippen LogP) is 1.52. The molecule has 168 valence electrons. The number of sulfone groups is 1. The van der Waals surface area contributed by atoms with Crippen LogP contribution in [0.2, 0.25) is 5.02 Å². The summed E-state index contributed by atoms with van der Waals surface area (Å²) in [6, 6.07) is 2.22. The fourth-order valence-electron chi connectivity index (χ4n) is 3.03. The van der Waals surface area contributed by atoms with Gasteiger partial charge in [-0.15, -0.1) is 0 Å². The molecule has 1 saturated heterocycles. The number of hydrogen-bond acceptors (Lipinski definition) is 6. The first kappa shape index (κ1) is 24.6. The SMILES string of the molecule is CCS(=O)(=O)CCC(NC(=O)c1cc(S(=O)(=O)N2CCCCC2)ccc1Cl)C(=O)O. The largest absolute Gasteiger partial charge is 0.480 e. The van der Waals surface area contributed by atoms with E-state index in [1.54, 1.807) is 0 Å². The maximum absolute atomic E-state index is 12.8. The van der Waals surface area contributed by atoms with Gasteiger partial charge in [-0.25, -0.2) is 21.6 Å². The summed E-state index contributed by atoms with van der Waals surface area (Å²) in [5, 5.41) is 11.5. The average molecular weight is 481 g/mol. The van der Waals surface area contributed by atoms with Crippen LogP contribution in [0.1, 0.15) is 43.0 Å². The molecule has 0 bridgehead atoms. The Balaban J connectivity index is 2.24. The lowest BCUT2D eigenvalue weighted by molar-refractivity contribution is -0.139. The molecule has 1 aliphatic rings. The molecule has 0 aromatic heterocycles. The van der Waals surface area contributed by atoms with Crippen LogP contribution in [-0.2, 0) is 24.7 Å². The highest BCUT2D eigenvalue weighted by Crippen LogP contribution is 2.25. The molecular formula is C18H25ClN2O7S2. The van der Waals surface area contributed by atoms with E-state index in [0.717, 1.165) is 25.3 Å². The highest BCUT2D eigenvalue weighted by molar-refractivity contribution is 7.91. The Morgan fingerprint density at radius 1 is 1.17 bits per heavy atom. The van der Waals surface area contributed by atoms with E-state index in [2.05, 4.69) is 5.32 Å². The van der Waals surface area contributed by atoms with Gasteiger partial charge in [-0.05, 0) is 37.5 Å². The summed E-state index contributed by atoms with van der Waals surface area (Å²) in [4.78, 5) is 23.9. The number of carboxylic acids is 1. The first-order valence-corrected chi connectivity index (χ1v) is 13.2. The smallest absolute Gasteiger partial charge is 0.326 e.